The molecule has 2 aliphatic heterocycles. The molecule has 2 fully saturated rings. The smallest absolute Gasteiger partial charge is 0.153 e. The van der Waals surface area contributed by atoms with Gasteiger partial charge in [-0.3, -0.25) is 15.0 Å². The van der Waals surface area contributed by atoms with Crippen molar-refractivity contribution in [3.05, 3.63) is 36.2 Å². The second-order valence-electron chi connectivity index (χ2n) is 8.61. The molecular formula is C23H28N8O. The van der Waals surface area contributed by atoms with Crippen molar-refractivity contribution in [1.82, 2.24) is 25.1 Å². The van der Waals surface area contributed by atoms with Crippen LogP contribution in [0.1, 0.15) is 37.8 Å². The summed E-state index contributed by atoms with van der Waals surface area (Å²) in [6.07, 6.45) is 6.99. The van der Waals surface area contributed by atoms with Gasteiger partial charge in [0, 0.05) is 61.9 Å². The predicted molar refractivity (Wildman–Crippen MR) is 123 cm³/mol. The molecule has 0 spiro atoms. The van der Waals surface area contributed by atoms with E-state index in [9.17, 15) is 0 Å². The van der Waals surface area contributed by atoms with Crippen LogP contribution in [-0.4, -0.2) is 56.8 Å². The maximum absolute atomic E-state index is 8.98. The van der Waals surface area contributed by atoms with Gasteiger partial charge in [0.1, 0.15) is 11.6 Å². The summed E-state index contributed by atoms with van der Waals surface area (Å²) < 4.78 is 5.15. The highest BCUT2D eigenvalue weighted by molar-refractivity contribution is 5.91. The summed E-state index contributed by atoms with van der Waals surface area (Å²) in [5, 5.41) is 24.2. The van der Waals surface area contributed by atoms with E-state index >= 15 is 0 Å². The van der Waals surface area contributed by atoms with Gasteiger partial charge in [0.25, 0.3) is 0 Å². The number of aromatic nitrogens is 4. The second kappa shape index (κ2) is 9.10. The summed E-state index contributed by atoms with van der Waals surface area (Å²) in [5.41, 5.74) is 1.78. The fourth-order valence-electron chi connectivity index (χ4n) is 5.17. The number of anilines is 3. The molecule has 2 bridgehead atoms. The lowest BCUT2D eigenvalue weighted by Gasteiger charge is -2.39. The van der Waals surface area contributed by atoms with Gasteiger partial charge in [0.2, 0.25) is 0 Å². The van der Waals surface area contributed by atoms with Crippen LogP contribution >= 0.6 is 0 Å². The van der Waals surface area contributed by atoms with Gasteiger partial charge in [-0.1, -0.05) is 0 Å². The highest BCUT2D eigenvalue weighted by Crippen LogP contribution is 2.37. The molecule has 0 radical (unpaired) electrons. The number of ether oxygens (including phenoxy) is 1. The summed E-state index contributed by atoms with van der Waals surface area (Å²) in [5.74, 6) is 2.24. The second-order valence-corrected chi connectivity index (χ2v) is 8.61. The van der Waals surface area contributed by atoms with Crippen molar-refractivity contribution < 1.29 is 4.74 Å². The number of aromatic amines is 1. The number of nitrogens with one attached hydrogen (secondary N) is 3. The first-order valence-electron chi connectivity index (χ1n) is 11.2. The Morgan fingerprint density at radius 1 is 1.25 bits per heavy atom. The highest BCUT2D eigenvalue weighted by atomic mass is 16.5. The van der Waals surface area contributed by atoms with Crippen LogP contribution in [0, 0.1) is 11.3 Å². The van der Waals surface area contributed by atoms with Crippen molar-refractivity contribution in [3.8, 4) is 6.07 Å². The number of rotatable bonds is 8. The molecule has 3 N–H and O–H groups in total. The van der Waals surface area contributed by atoms with E-state index in [2.05, 4.69) is 42.9 Å². The summed E-state index contributed by atoms with van der Waals surface area (Å²) in [7, 11) is 1.66. The topological polar surface area (TPSA) is 115 Å². The molecule has 2 aliphatic rings. The Bertz CT molecular complexity index is 1110. The van der Waals surface area contributed by atoms with E-state index in [1.165, 1.54) is 12.8 Å². The Labute approximate surface area is 187 Å². The van der Waals surface area contributed by atoms with Crippen LogP contribution in [0.2, 0.25) is 0 Å². The SMILES string of the molecule is COCc1cc(Nc2cc3ncccc3c(NC3C[C@H]4CC[C@@H](C3)N4CCC#N)n2)n[nH]1. The van der Waals surface area contributed by atoms with Gasteiger partial charge in [0.05, 0.1) is 23.9 Å². The number of nitrogens with zero attached hydrogens (tertiary/aromatic N) is 5. The van der Waals surface area contributed by atoms with Gasteiger partial charge < -0.3 is 15.4 Å². The Morgan fingerprint density at radius 2 is 2.09 bits per heavy atom. The average molecular weight is 433 g/mol. The van der Waals surface area contributed by atoms with E-state index in [0.717, 1.165) is 41.8 Å². The number of hydrogen-bond donors (Lipinski definition) is 3. The summed E-state index contributed by atoms with van der Waals surface area (Å²) >= 11 is 0. The van der Waals surface area contributed by atoms with Crippen LogP contribution < -0.4 is 10.6 Å². The molecule has 0 aliphatic carbocycles. The number of H-pyrrole nitrogens is 1. The number of hydrogen-bond acceptors (Lipinski definition) is 8. The lowest BCUT2D eigenvalue weighted by atomic mass is 9.97. The highest BCUT2D eigenvalue weighted by Gasteiger charge is 2.40. The third-order valence-electron chi connectivity index (χ3n) is 6.49. The fraction of sp³-hybridized carbons (Fsp3) is 0.478. The normalized spacial score (nSPS) is 22.7. The fourth-order valence-corrected chi connectivity index (χ4v) is 5.17. The quantitative estimate of drug-likeness (QED) is 0.495. The number of pyridine rings is 2. The zero-order valence-corrected chi connectivity index (χ0v) is 18.2. The zero-order chi connectivity index (χ0) is 21.9. The molecule has 0 amide bonds. The van der Waals surface area contributed by atoms with E-state index in [1.54, 1.807) is 13.3 Å². The van der Waals surface area contributed by atoms with E-state index in [1.807, 2.05) is 18.2 Å². The Morgan fingerprint density at radius 3 is 2.88 bits per heavy atom. The van der Waals surface area contributed by atoms with Crippen LogP contribution in [0.15, 0.2) is 30.5 Å². The largest absolute Gasteiger partial charge is 0.378 e. The zero-order valence-electron chi connectivity index (χ0n) is 18.2. The minimum absolute atomic E-state index is 0.357. The molecule has 1 unspecified atom stereocenters. The van der Waals surface area contributed by atoms with Crippen LogP contribution in [0.4, 0.5) is 17.5 Å². The average Bonchev–Trinajstić information content (AvgIpc) is 3.33. The molecule has 3 aromatic heterocycles. The monoisotopic (exact) mass is 432 g/mol. The maximum atomic E-state index is 8.98. The minimum Gasteiger partial charge on any atom is -0.378 e. The van der Waals surface area contributed by atoms with Gasteiger partial charge >= 0.3 is 0 Å². The van der Waals surface area contributed by atoms with E-state index < -0.39 is 0 Å². The van der Waals surface area contributed by atoms with E-state index in [0.29, 0.717) is 42.8 Å². The van der Waals surface area contributed by atoms with Crippen LogP contribution in [0.5, 0.6) is 0 Å². The molecule has 3 atom stereocenters. The standard InChI is InChI=1S/C23H28N8O/c1-32-14-16-12-22(30-29-16)27-21-13-20-19(4-2-8-25-20)23(28-21)26-15-10-17-5-6-18(11-15)31(17)9-3-7-24/h2,4,8,12-13,15,17-18H,3,5-6,9-11,14H2,1H3,(H3,26,27,28,29,30)/t15?,17-,18+. The van der Waals surface area contributed by atoms with E-state index in [4.69, 9.17) is 15.0 Å². The molecule has 9 nitrogen and oxygen atoms in total. The first-order valence-corrected chi connectivity index (χ1v) is 11.2. The Hall–Kier alpha value is -3.22. The Balaban J connectivity index is 1.36. The van der Waals surface area contributed by atoms with Crippen molar-refractivity contribution >= 4 is 28.4 Å². The lowest BCUT2D eigenvalue weighted by Crippen LogP contribution is -2.47. The third-order valence-corrected chi connectivity index (χ3v) is 6.49. The molecule has 9 heteroatoms. The van der Waals surface area contributed by atoms with Crippen molar-refractivity contribution in [1.29, 1.82) is 5.26 Å². The Kier molecular flexibility index (Phi) is 5.88. The maximum Gasteiger partial charge on any atom is 0.153 e. The van der Waals surface area contributed by atoms with Crippen molar-refractivity contribution in [2.75, 3.05) is 24.3 Å². The molecule has 0 aromatic carbocycles. The van der Waals surface area contributed by atoms with Gasteiger partial charge in [-0.2, -0.15) is 10.4 Å². The molecule has 2 saturated heterocycles. The molecule has 5 heterocycles. The number of methoxy groups -OCH3 is 1. The van der Waals surface area contributed by atoms with Gasteiger partial charge in [0.15, 0.2) is 5.82 Å². The van der Waals surface area contributed by atoms with E-state index in [-0.39, 0.29) is 0 Å². The lowest BCUT2D eigenvalue weighted by molar-refractivity contribution is 0.136. The summed E-state index contributed by atoms with van der Waals surface area (Å²) in [6.45, 7) is 1.36. The van der Waals surface area contributed by atoms with Crippen molar-refractivity contribution in [2.24, 2.45) is 0 Å². The van der Waals surface area contributed by atoms with Crippen LogP contribution in [0.3, 0.4) is 0 Å². The molecule has 5 rings (SSSR count). The first kappa shape index (κ1) is 20.7. The summed E-state index contributed by atoms with van der Waals surface area (Å²) in [4.78, 5) is 12.0. The first-order chi connectivity index (χ1) is 15.7. The van der Waals surface area contributed by atoms with Crippen molar-refractivity contribution in [3.63, 3.8) is 0 Å². The van der Waals surface area contributed by atoms with Crippen LogP contribution in [0.25, 0.3) is 10.9 Å². The van der Waals surface area contributed by atoms with Gasteiger partial charge in [-0.05, 0) is 37.8 Å². The molecule has 166 valence electrons. The number of nitriles is 1. The molecule has 3 aromatic rings. The number of piperidine rings is 1. The van der Waals surface area contributed by atoms with Gasteiger partial charge in [-0.25, -0.2) is 4.98 Å². The van der Waals surface area contributed by atoms with Crippen molar-refractivity contribution in [2.45, 2.75) is 56.8 Å². The molecule has 0 saturated carbocycles. The summed E-state index contributed by atoms with van der Waals surface area (Å²) in [6, 6.07) is 11.6. The van der Waals surface area contributed by atoms with Crippen LogP contribution in [-0.2, 0) is 11.3 Å². The minimum atomic E-state index is 0.357. The predicted octanol–water partition coefficient (Wildman–Crippen LogP) is 3.56. The third kappa shape index (κ3) is 4.24. The molecule has 32 heavy (non-hydrogen) atoms. The van der Waals surface area contributed by atoms with Gasteiger partial charge in [-0.15, -0.1) is 0 Å². The number of fused-ring (bicyclic) bond motifs is 3. The molecular weight excluding hydrogens is 404 g/mol.